The summed E-state index contributed by atoms with van der Waals surface area (Å²) in [5.74, 6) is -0.840. The molecule has 0 aliphatic heterocycles. The lowest BCUT2D eigenvalue weighted by Gasteiger charge is -2.14. The number of hydrogen-bond donors (Lipinski definition) is 4. The Balaban J connectivity index is 1.88. The Morgan fingerprint density at radius 3 is 2.57 bits per heavy atom. The number of hydrazine groups is 1. The number of aromatic nitrogens is 4. The fraction of sp³-hybridized carbons (Fsp3) is 0.0556. The van der Waals surface area contributed by atoms with Crippen molar-refractivity contribution in [1.82, 2.24) is 26.0 Å². The maximum Gasteiger partial charge on any atom is 0.416 e. The summed E-state index contributed by atoms with van der Waals surface area (Å²) in [7, 11) is 0. The quantitative estimate of drug-likeness (QED) is 0.360. The van der Waals surface area contributed by atoms with E-state index in [0.717, 1.165) is 18.3 Å². The molecule has 0 aliphatic carbocycles. The van der Waals surface area contributed by atoms with Crippen molar-refractivity contribution >= 4 is 22.9 Å². The summed E-state index contributed by atoms with van der Waals surface area (Å²) in [6, 6.07) is 13.0. The summed E-state index contributed by atoms with van der Waals surface area (Å²) >= 11 is 0. The number of alkyl halides is 3. The van der Waals surface area contributed by atoms with Gasteiger partial charge in [0.25, 0.3) is 5.91 Å². The maximum absolute atomic E-state index is 13.1. The largest absolute Gasteiger partial charge is 0.416 e. The Hall–Kier alpha value is -4.40. The summed E-state index contributed by atoms with van der Waals surface area (Å²) in [6.45, 7) is 0. The van der Waals surface area contributed by atoms with Crippen LogP contribution >= 0.6 is 0 Å². The van der Waals surface area contributed by atoms with Gasteiger partial charge in [-0.15, -0.1) is 10.2 Å². The van der Waals surface area contributed by atoms with Gasteiger partial charge in [-0.25, -0.2) is 0 Å². The van der Waals surface area contributed by atoms with E-state index in [2.05, 4.69) is 36.8 Å². The third-order valence-electron chi connectivity index (χ3n) is 3.76. The van der Waals surface area contributed by atoms with Crippen molar-refractivity contribution in [3.05, 3.63) is 71.7 Å². The highest BCUT2D eigenvalue weighted by Gasteiger charge is 2.31. The molecule has 0 saturated heterocycles. The highest BCUT2D eigenvalue weighted by molar-refractivity contribution is 6.00. The van der Waals surface area contributed by atoms with Gasteiger partial charge in [0.1, 0.15) is 11.6 Å². The van der Waals surface area contributed by atoms with E-state index in [1.165, 1.54) is 0 Å². The molecule has 0 unspecified atom stereocenters. The van der Waals surface area contributed by atoms with E-state index in [1.807, 2.05) is 6.07 Å². The number of benzene rings is 2. The zero-order chi connectivity index (χ0) is 21.6. The summed E-state index contributed by atoms with van der Waals surface area (Å²) < 4.78 is 39.4. The minimum absolute atomic E-state index is 0.0198. The van der Waals surface area contributed by atoms with Crippen molar-refractivity contribution < 1.29 is 18.0 Å². The second-order valence-electron chi connectivity index (χ2n) is 5.75. The first kappa shape index (κ1) is 20.3. The smallest absolute Gasteiger partial charge is 0.360 e. The number of para-hydroxylation sites is 1. The van der Waals surface area contributed by atoms with Crippen molar-refractivity contribution in [2.75, 3.05) is 10.7 Å². The van der Waals surface area contributed by atoms with Gasteiger partial charge in [0.2, 0.25) is 5.82 Å². The molecule has 1 heterocycles. The summed E-state index contributed by atoms with van der Waals surface area (Å²) in [6.07, 6.45) is -3.48. The van der Waals surface area contributed by atoms with E-state index < -0.39 is 17.6 Å². The number of nitrogens with one attached hydrogen (secondary N) is 4. The molecule has 30 heavy (non-hydrogen) atoms. The Morgan fingerprint density at radius 1 is 1.17 bits per heavy atom. The van der Waals surface area contributed by atoms with Crippen LogP contribution in [-0.2, 0) is 6.18 Å². The standard InChI is InChI=1S/C18H13F3N8O/c19-18(20,21)12-6-7-15(23-10-11(9-22)16-25-28-29-26-16)14(8-12)17(30)27-24-13-4-2-1-3-5-13/h1-8,10,23-24H,(H,27,30)(H,25,26,28,29). The van der Waals surface area contributed by atoms with Crippen LogP contribution < -0.4 is 16.2 Å². The maximum atomic E-state index is 13.1. The van der Waals surface area contributed by atoms with Crippen LogP contribution in [0.4, 0.5) is 24.5 Å². The third kappa shape index (κ3) is 4.90. The van der Waals surface area contributed by atoms with Crippen molar-refractivity contribution in [2.24, 2.45) is 0 Å². The molecule has 0 aliphatic rings. The van der Waals surface area contributed by atoms with Crippen LogP contribution in [-0.4, -0.2) is 26.5 Å². The van der Waals surface area contributed by atoms with Gasteiger partial charge < -0.3 is 5.32 Å². The molecule has 0 saturated carbocycles. The van der Waals surface area contributed by atoms with Gasteiger partial charge in [0.15, 0.2) is 0 Å². The summed E-state index contributed by atoms with van der Waals surface area (Å²) in [4.78, 5) is 12.6. The number of nitrogens with zero attached hydrogens (tertiary/aromatic N) is 4. The van der Waals surface area contributed by atoms with E-state index >= 15 is 0 Å². The predicted molar refractivity (Wildman–Crippen MR) is 100 cm³/mol. The second kappa shape index (κ2) is 8.74. The molecule has 0 fully saturated rings. The molecule has 0 atom stereocenters. The highest BCUT2D eigenvalue weighted by atomic mass is 19.4. The number of nitriles is 1. The van der Waals surface area contributed by atoms with Gasteiger partial charge in [-0.1, -0.05) is 18.2 Å². The van der Waals surface area contributed by atoms with E-state index in [0.29, 0.717) is 11.8 Å². The van der Waals surface area contributed by atoms with E-state index in [4.69, 9.17) is 0 Å². The number of H-pyrrole nitrogens is 1. The minimum Gasteiger partial charge on any atom is -0.360 e. The number of hydrogen-bond acceptors (Lipinski definition) is 7. The normalized spacial score (nSPS) is 11.5. The van der Waals surface area contributed by atoms with Gasteiger partial charge in [-0.05, 0) is 35.5 Å². The zero-order valence-electron chi connectivity index (χ0n) is 15.0. The Bertz CT molecular complexity index is 1090. The molecule has 1 amide bonds. The van der Waals surface area contributed by atoms with Crippen molar-refractivity contribution in [2.45, 2.75) is 6.18 Å². The Morgan fingerprint density at radius 2 is 1.93 bits per heavy atom. The number of aromatic amines is 1. The minimum atomic E-state index is -4.64. The molecular formula is C18H13F3N8O. The number of anilines is 2. The number of amides is 1. The third-order valence-corrected chi connectivity index (χ3v) is 3.76. The monoisotopic (exact) mass is 414 g/mol. The van der Waals surface area contributed by atoms with Crippen LogP contribution in [0.1, 0.15) is 21.7 Å². The fourth-order valence-electron chi connectivity index (χ4n) is 2.32. The molecule has 0 spiro atoms. The highest BCUT2D eigenvalue weighted by Crippen LogP contribution is 2.32. The first-order chi connectivity index (χ1) is 14.4. The van der Waals surface area contributed by atoms with Crippen LogP contribution in [0.2, 0.25) is 0 Å². The Labute approximate surface area is 167 Å². The van der Waals surface area contributed by atoms with Crippen molar-refractivity contribution in [1.29, 1.82) is 5.26 Å². The number of rotatable bonds is 6. The summed E-state index contributed by atoms with van der Waals surface area (Å²) in [5.41, 5.74) is 4.19. The number of carbonyl (C=O) groups is 1. The van der Waals surface area contributed by atoms with E-state index in [-0.39, 0.29) is 22.6 Å². The molecule has 3 aromatic rings. The van der Waals surface area contributed by atoms with Gasteiger partial charge in [0, 0.05) is 6.20 Å². The molecular weight excluding hydrogens is 401 g/mol. The number of halogens is 3. The lowest BCUT2D eigenvalue weighted by atomic mass is 10.1. The molecule has 4 N–H and O–H groups in total. The van der Waals surface area contributed by atoms with E-state index in [1.54, 1.807) is 30.3 Å². The van der Waals surface area contributed by atoms with Crippen LogP contribution in [0, 0.1) is 11.3 Å². The number of tetrazole rings is 1. The molecule has 0 bridgehead atoms. The van der Waals surface area contributed by atoms with Gasteiger partial charge in [-0.3, -0.25) is 15.6 Å². The lowest BCUT2D eigenvalue weighted by Crippen LogP contribution is -2.30. The average molecular weight is 414 g/mol. The average Bonchev–Trinajstić information content (AvgIpc) is 3.27. The zero-order valence-corrected chi connectivity index (χ0v) is 15.0. The van der Waals surface area contributed by atoms with Gasteiger partial charge >= 0.3 is 6.18 Å². The first-order valence-electron chi connectivity index (χ1n) is 8.32. The molecule has 0 radical (unpaired) electrons. The van der Waals surface area contributed by atoms with E-state index in [9.17, 15) is 23.2 Å². The van der Waals surface area contributed by atoms with Gasteiger partial charge in [0.05, 0.1) is 22.5 Å². The molecule has 152 valence electrons. The van der Waals surface area contributed by atoms with Crippen LogP contribution in [0.25, 0.3) is 5.57 Å². The fourth-order valence-corrected chi connectivity index (χ4v) is 2.32. The SMILES string of the molecule is N#CC(=CNc1ccc(C(F)(F)F)cc1C(=O)NNc1ccccc1)c1nn[nH]n1. The van der Waals surface area contributed by atoms with Crippen molar-refractivity contribution in [3.63, 3.8) is 0 Å². The molecule has 9 nitrogen and oxygen atoms in total. The Kier molecular flexibility index (Phi) is 5.92. The molecule has 1 aromatic heterocycles. The topological polar surface area (TPSA) is 131 Å². The predicted octanol–water partition coefficient (Wildman–Crippen LogP) is 2.95. The summed E-state index contributed by atoms with van der Waals surface area (Å²) in [5, 5.41) is 24.7. The second-order valence-corrected chi connectivity index (χ2v) is 5.75. The molecule has 3 rings (SSSR count). The lowest BCUT2D eigenvalue weighted by molar-refractivity contribution is -0.137. The van der Waals surface area contributed by atoms with Crippen molar-refractivity contribution in [3.8, 4) is 6.07 Å². The van der Waals surface area contributed by atoms with Crippen LogP contribution in [0.15, 0.2) is 54.7 Å². The van der Waals surface area contributed by atoms with Crippen LogP contribution in [0.3, 0.4) is 0 Å². The molecule has 12 heteroatoms. The first-order valence-corrected chi connectivity index (χ1v) is 8.32. The number of carbonyl (C=O) groups excluding carboxylic acids is 1. The number of allylic oxidation sites excluding steroid dienone is 1. The van der Waals surface area contributed by atoms with Crippen LogP contribution in [0.5, 0.6) is 0 Å². The molecule has 2 aromatic carbocycles. The van der Waals surface area contributed by atoms with Gasteiger partial charge in [-0.2, -0.15) is 23.6 Å².